The van der Waals surface area contributed by atoms with Crippen molar-refractivity contribution in [3.8, 4) is 0 Å². The number of pyridine rings is 1. The van der Waals surface area contributed by atoms with Crippen molar-refractivity contribution in [2.75, 3.05) is 12.3 Å². The number of nitrogens with one attached hydrogen (secondary N) is 1. The summed E-state index contributed by atoms with van der Waals surface area (Å²) in [6.45, 7) is 1.30. The Bertz CT molecular complexity index is 415. The summed E-state index contributed by atoms with van der Waals surface area (Å²) < 4.78 is 25.5. The molecule has 0 saturated carbocycles. The lowest BCUT2D eigenvalue weighted by molar-refractivity contribution is 0.265. The number of nitrogens with zero attached hydrogens (tertiary/aromatic N) is 1. The Morgan fingerprint density at radius 1 is 1.60 bits per heavy atom. The fourth-order valence-electron chi connectivity index (χ4n) is 0.921. The first-order chi connectivity index (χ1) is 6.95. The molecule has 0 aliphatic carbocycles. The van der Waals surface area contributed by atoms with E-state index in [9.17, 15) is 8.42 Å². The van der Waals surface area contributed by atoms with Gasteiger partial charge in [-0.15, -0.1) is 0 Å². The molecule has 0 aliphatic heterocycles. The number of aliphatic hydroxyl groups is 1. The Labute approximate surface area is 88.2 Å². The largest absolute Gasteiger partial charge is 0.395 e. The maximum absolute atomic E-state index is 11.6. The van der Waals surface area contributed by atoms with E-state index in [1.165, 1.54) is 18.3 Å². The molecule has 0 radical (unpaired) electrons. The van der Waals surface area contributed by atoms with Crippen LogP contribution in [-0.4, -0.2) is 31.2 Å². The van der Waals surface area contributed by atoms with E-state index in [4.69, 9.17) is 10.8 Å². The minimum absolute atomic E-state index is 0.0250. The molecule has 0 amide bonds. The molecule has 1 aromatic heterocycles. The van der Waals surface area contributed by atoms with Crippen molar-refractivity contribution in [3.63, 3.8) is 0 Å². The molecule has 0 saturated heterocycles. The lowest BCUT2D eigenvalue weighted by atomic mass is 10.4. The summed E-state index contributed by atoms with van der Waals surface area (Å²) >= 11 is 0. The van der Waals surface area contributed by atoms with Gasteiger partial charge in [-0.25, -0.2) is 18.1 Å². The van der Waals surface area contributed by atoms with E-state index in [1.54, 1.807) is 6.92 Å². The summed E-state index contributed by atoms with van der Waals surface area (Å²) in [6, 6.07) is 2.22. The van der Waals surface area contributed by atoms with Gasteiger partial charge in [0.05, 0.1) is 6.61 Å². The van der Waals surface area contributed by atoms with Crippen LogP contribution in [0.4, 0.5) is 5.82 Å². The smallest absolute Gasteiger partial charge is 0.242 e. The molecule has 84 valence electrons. The van der Waals surface area contributed by atoms with Gasteiger partial charge in [0.1, 0.15) is 10.7 Å². The fraction of sp³-hybridized carbons (Fsp3) is 0.375. The average Bonchev–Trinajstić information content (AvgIpc) is 2.17. The Morgan fingerprint density at radius 2 is 2.27 bits per heavy atom. The lowest BCUT2D eigenvalue weighted by Crippen LogP contribution is -2.35. The predicted octanol–water partition coefficient (Wildman–Crippen LogP) is -0.677. The number of rotatable bonds is 4. The zero-order chi connectivity index (χ0) is 11.5. The van der Waals surface area contributed by atoms with Gasteiger partial charge in [0, 0.05) is 12.2 Å². The lowest BCUT2D eigenvalue weighted by Gasteiger charge is -2.10. The van der Waals surface area contributed by atoms with Crippen LogP contribution in [0.1, 0.15) is 6.92 Å². The molecule has 0 fully saturated rings. The van der Waals surface area contributed by atoms with Gasteiger partial charge in [-0.2, -0.15) is 0 Å². The number of aliphatic hydroxyl groups excluding tert-OH is 1. The van der Waals surface area contributed by atoms with Gasteiger partial charge in [0.15, 0.2) is 0 Å². The molecule has 1 rings (SSSR count). The van der Waals surface area contributed by atoms with E-state index in [0.717, 1.165) is 0 Å². The highest BCUT2D eigenvalue weighted by molar-refractivity contribution is 7.89. The van der Waals surface area contributed by atoms with E-state index >= 15 is 0 Å². The second kappa shape index (κ2) is 4.56. The average molecular weight is 231 g/mol. The number of nitrogen functional groups attached to an aromatic ring is 1. The third-order valence-electron chi connectivity index (χ3n) is 1.70. The van der Waals surface area contributed by atoms with Crippen LogP contribution in [0, 0.1) is 0 Å². The molecular weight excluding hydrogens is 218 g/mol. The van der Waals surface area contributed by atoms with E-state index < -0.39 is 16.1 Å². The van der Waals surface area contributed by atoms with Crippen LogP contribution in [0.25, 0.3) is 0 Å². The summed E-state index contributed by atoms with van der Waals surface area (Å²) in [5.74, 6) is 0.254. The third-order valence-corrected chi connectivity index (χ3v) is 3.27. The Hall–Kier alpha value is -1.18. The highest BCUT2D eigenvalue weighted by atomic mass is 32.2. The number of nitrogens with two attached hydrogens (primary N) is 1. The monoisotopic (exact) mass is 231 g/mol. The maximum Gasteiger partial charge on any atom is 0.242 e. The summed E-state index contributed by atoms with van der Waals surface area (Å²) in [5, 5.41) is 8.73. The number of hydrogen-bond donors (Lipinski definition) is 3. The van der Waals surface area contributed by atoms with Gasteiger partial charge in [-0.1, -0.05) is 0 Å². The minimum Gasteiger partial charge on any atom is -0.395 e. The summed E-state index contributed by atoms with van der Waals surface area (Å²) in [6.07, 6.45) is 1.17. The first-order valence-electron chi connectivity index (χ1n) is 4.30. The van der Waals surface area contributed by atoms with E-state index in [1.807, 2.05) is 0 Å². The molecule has 6 nitrogen and oxygen atoms in total. The maximum atomic E-state index is 11.6. The van der Waals surface area contributed by atoms with Crippen molar-refractivity contribution in [2.24, 2.45) is 0 Å². The molecule has 1 aromatic rings. The van der Waals surface area contributed by atoms with Crippen molar-refractivity contribution in [1.82, 2.24) is 9.71 Å². The molecule has 0 unspecified atom stereocenters. The van der Waals surface area contributed by atoms with Crippen molar-refractivity contribution in [2.45, 2.75) is 17.9 Å². The SMILES string of the molecule is C[C@@H](CO)NS(=O)(=O)c1ccc(N)nc1. The zero-order valence-electron chi connectivity index (χ0n) is 8.21. The Kier molecular flexibility index (Phi) is 3.61. The molecule has 1 heterocycles. The molecule has 15 heavy (non-hydrogen) atoms. The second-order valence-electron chi connectivity index (χ2n) is 3.12. The number of aromatic nitrogens is 1. The molecule has 0 aromatic carbocycles. The van der Waals surface area contributed by atoms with Gasteiger partial charge in [-0.05, 0) is 19.1 Å². The van der Waals surface area contributed by atoms with Crippen LogP contribution in [0.5, 0.6) is 0 Å². The van der Waals surface area contributed by atoms with Crippen molar-refractivity contribution >= 4 is 15.8 Å². The van der Waals surface area contributed by atoms with E-state index in [2.05, 4.69) is 9.71 Å². The van der Waals surface area contributed by atoms with E-state index in [0.29, 0.717) is 0 Å². The Balaban J connectivity index is 2.91. The number of anilines is 1. The first-order valence-corrected chi connectivity index (χ1v) is 5.79. The van der Waals surface area contributed by atoms with Crippen molar-refractivity contribution in [1.29, 1.82) is 0 Å². The molecule has 0 spiro atoms. The first kappa shape index (κ1) is 11.9. The number of sulfonamides is 1. The van der Waals surface area contributed by atoms with Crippen molar-refractivity contribution < 1.29 is 13.5 Å². The van der Waals surface area contributed by atoms with Crippen LogP contribution >= 0.6 is 0 Å². The molecule has 4 N–H and O–H groups in total. The fourth-order valence-corrected chi connectivity index (χ4v) is 2.10. The minimum atomic E-state index is -3.62. The topological polar surface area (TPSA) is 105 Å². The molecule has 7 heteroatoms. The van der Waals surface area contributed by atoms with Crippen molar-refractivity contribution in [3.05, 3.63) is 18.3 Å². The highest BCUT2D eigenvalue weighted by Crippen LogP contribution is 2.08. The summed E-state index contributed by atoms with van der Waals surface area (Å²) in [4.78, 5) is 3.70. The summed E-state index contributed by atoms with van der Waals surface area (Å²) in [5.41, 5.74) is 5.33. The highest BCUT2D eigenvalue weighted by Gasteiger charge is 2.16. The Morgan fingerprint density at radius 3 is 2.73 bits per heavy atom. The molecule has 1 atom stereocenters. The van der Waals surface area contributed by atoms with Gasteiger partial charge >= 0.3 is 0 Å². The standard InChI is InChI=1S/C8H13N3O3S/c1-6(5-12)11-15(13,14)7-2-3-8(9)10-4-7/h2-4,6,11-12H,5H2,1H3,(H2,9,10)/t6-/m0/s1. The van der Waals surface area contributed by atoms with Gasteiger partial charge in [-0.3, -0.25) is 0 Å². The quantitative estimate of drug-likeness (QED) is 0.637. The molecular formula is C8H13N3O3S. The van der Waals surface area contributed by atoms with Crippen LogP contribution in [-0.2, 0) is 10.0 Å². The van der Waals surface area contributed by atoms with Gasteiger partial charge in [0.25, 0.3) is 0 Å². The normalized spacial score (nSPS) is 13.7. The van der Waals surface area contributed by atoms with Crippen LogP contribution in [0.2, 0.25) is 0 Å². The number of hydrogen-bond acceptors (Lipinski definition) is 5. The third kappa shape index (κ3) is 3.15. The molecule has 0 bridgehead atoms. The summed E-state index contributed by atoms with van der Waals surface area (Å²) in [7, 11) is -3.62. The second-order valence-corrected chi connectivity index (χ2v) is 4.84. The van der Waals surface area contributed by atoms with E-state index in [-0.39, 0.29) is 17.3 Å². The van der Waals surface area contributed by atoms with Crippen LogP contribution in [0.3, 0.4) is 0 Å². The zero-order valence-corrected chi connectivity index (χ0v) is 9.03. The predicted molar refractivity (Wildman–Crippen MR) is 55.5 cm³/mol. The molecule has 0 aliphatic rings. The van der Waals surface area contributed by atoms with Gasteiger partial charge < -0.3 is 10.8 Å². The van der Waals surface area contributed by atoms with Crippen LogP contribution < -0.4 is 10.5 Å². The van der Waals surface area contributed by atoms with Gasteiger partial charge in [0.2, 0.25) is 10.0 Å². The van der Waals surface area contributed by atoms with Crippen LogP contribution in [0.15, 0.2) is 23.2 Å².